The first-order chi connectivity index (χ1) is 7.99. The van der Waals surface area contributed by atoms with Crippen molar-refractivity contribution in [2.45, 2.75) is 25.5 Å². The summed E-state index contributed by atoms with van der Waals surface area (Å²) in [5.41, 5.74) is 6.17. The van der Waals surface area contributed by atoms with Crippen molar-refractivity contribution in [2.75, 3.05) is 6.54 Å². The molecule has 1 aromatic carbocycles. The fourth-order valence-corrected chi connectivity index (χ4v) is 1.61. The maximum Gasteiger partial charge on any atom is 0.221 e. The van der Waals surface area contributed by atoms with Crippen LogP contribution in [0.2, 0.25) is 5.02 Å². The van der Waals surface area contributed by atoms with Crippen molar-refractivity contribution in [3.8, 4) is 0 Å². The topological polar surface area (TPSA) is 75.4 Å². The summed E-state index contributed by atoms with van der Waals surface area (Å²) in [6.07, 6.45) is -0.506. The van der Waals surface area contributed by atoms with Gasteiger partial charge in [-0.1, -0.05) is 23.7 Å². The number of hydrogen-bond acceptors (Lipinski definition) is 3. The first-order valence-electron chi connectivity index (χ1n) is 5.45. The molecule has 17 heavy (non-hydrogen) atoms. The van der Waals surface area contributed by atoms with Crippen molar-refractivity contribution in [3.05, 3.63) is 34.9 Å². The molecule has 0 bridgehead atoms. The van der Waals surface area contributed by atoms with Crippen molar-refractivity contribution >= 4 is 17.5 Å². The number of nitrogens with two attached hydrogens (primary N) is 1. The Hall–Kier alpha value is -1.10. The third-order valence-corrected chi connectivity index (χ3v) is 2.47. The van der Waals surface area contributed by atoms with E-state index in [4.69, 9.17) is 17.3 Å². The minimum atomic E-state index is -0.759. The Bertz CT molecular complexity index is 383. The van der Waals surface area contributed by atoms with E-state index in [1.807, 2.05) is 0 Å². The van der Waals surface area contributed by atoms with Crippen molar-refractivity contribution in [3.63, 3.8) is 0 Å². The van der Waals surface area contributed by atoms with Gasteiger partial charge in [-0.15, -0.1) is 0 Å². The number of aliphatic hydroxyl groups is 1. The van der Waals surface area contributed by atoms with Crippen LogP contribution in [0.1, 0.15) is 25.0 Å². The van der Waals surface area contributed by atoms with E-state index < -0.39 is 6.10 Å². The van der Waals surface area contributed by atoms with Gasteiger partial charge in [0, 0.05) is 24.0 Å². The number of nitrogens with one attached hydrogen (secondary N) is 1. The molecule has 94 valence electrons. The third kappa shape index (κ3) is 5.17. The summed E-state index contributed by atoms with van der Waals surface area (Å²) in [7, 11) is 0. The lowest BCUT2D eigenvalue weighted by Gasteiger charge is -2.13. The summed E-state index contributed by atoms with van der Waals surface area (Å²) in [4.78, 5) is 11.3. The van der Waals surface area contributed by atoms with E-state index in [1.54, 1.807) is 31.2 Å². The van der Waals surface area contributed by atoms with Gasteiger partial charge in [-0.05, 0) is 24.6 Å². The maximum atomic E-state index is 11.3. The molecule has 0 aliphatic heterocycles. The van der Waals surface area contributed by atoms with Crippen LogP contribution in [0, 0.1) is 0 Å². The number of carbonyl (C=O) groups excluding carboxylic acids is 1. The quantitative estimate of drug-likeness (QED) is 0.742. The van der Waals surface area contributed by atoms with Gasteiger partial charge < -0.3 is 16.2 Å². The summed E-state index contributed by atoms with van der Waals surface area (Å²) in [5, 5.41) is 13.0. The predicted octanol–water partition coefficient (Wildman–Crippen LogP) is 1.23. The Labute approximate surface area is 106 Å². The normalized spacial score (nSPS) is 14.1. The van der Waals surface area contributed by atoms with Gasteiger partial charge in [0.2, 0.25) is 5.91 Å². The molecular formula is C12H17ClN2O2. The summed E-state index contributed by atoms with van der Waals surface area (Å²) in [5.74, 6) is -0.166. The van der Waals surface area contributed by atoms with E-state index in [0.717, 1.165) is 0 Å². The number of aliphatic hydroxyl groups excluding tert-OH is 1. The summed E-state index contributed by atoms with van der Waals surface area (Å²) in [6, 6.07) is 6.73. The Morgan fingerprint density at radius 3 is 2.88 bits per heavy atom. The van der Waals surface area contributed by atoms with E-state index >= 15 is 0 Å². The fourth-order valence-electron chi connectivity index (χ4n) is 1.41. The zero-order valence-corrected chi connectivity index (χ0v) is 10.4. The molecule has 1 amide bonds. The zero-order valence-electron chi connectivity index (χ0n) is 9.69. The van der Waals surface area contributed by atoms with Crippen LogP contribution in [-0.2, 0) is 4.79 Å². The summed E-state index contributed by atoms with van der Waals surface area (Å²) >= 11 is 5.81. The van der Waals surface area contributed by atoms with E-state index in [-0.39, 0.29) is 24.9 Å². The summed E-state index contributed by atoms with van der Waals surface area (Å²) in [6.45, 7) is 1.92. The maximum absolute atomic E-state index is 11.3. The Morgan fingerprint density at radius 2 is 2.29 bits per heavy atom. The lowest BCUT2D eigenvalue weighted by atomic mass is 10.1. The number of hydrogen-bond donors (Lipinski definition) is 3. The molecule has 0 heterocycles. The lowest BCUT2D eigenvalue weighted by molar-refractivity contribution is -0.121. The highest BCUT2D eigenvalue weighted by Crippen LogP contribution is 2.16. The molecule has 0 saturated carbocycles. The molecule has 0 fully saturated rings. The molecular weight excluding hydrogens is 240 g/mol. The number of amides is 1. The Morgan fingerprint density at radius 1 is 1.59 bits per heavy atom. The van der Waals surface area contributed by atoms with Gasteiger partial charge in [-0.3, -0.25) is 4.79 Å². The number of rotatable bonds is 5. The van der Waals surface area contributed by atoms with Gasteiger partial charge in [0.15, 0.2) is 0 Å². The van der Waals surface area contributed by atoms with Gasteiger partial charge in [0.25, 0.3) is 0 Å². The number of benzene rings is 1. The van der Waals surface area contributed by atoms with E-state index in [9.17, 15) is 9.90 Å². The molecule has 1 rings (SSSR count). The minimum Gasteiger partial charge on any atom is -0.387 e. The van der Waals surface area contributed by atoms with Crippen molar-refractivity contribution in [2.24, 2.45) is 5.73 Å². The Kier molecular flexibility index (Phi) is 5.41. The molecule has 0 radical (unpaired) electrons. The third-order valence-electron chi connectivity index (χ3n) is 2.23. The molecule has 1 aromatic rings. The van der Waals surface area contributed by atoms with Crippen LogP contribution >= 0.6 is 11.6 Å². The molecule has 0 spiro atoms. The second-order valence-electron chi connectivity index (χ2n) is 4.06. The average molecular weight is 257 g/mol. The van der Waals surface area contributed by atoms with E-state index in [1.165, 1.54) is 0 Å². The van der Waals surface area contributed by atoms with Crippen LogP contribution in [0.3, 0.4) is 0 Å². The Balaban J connectivity index is 2.44. The first kappa shape index (κ1) is 14.0. The molecule has 0 aliphatic carbocycles. The lowest BCUT2D eigenvalue weighted by Crippen LogP contribution is -2.32. The highest BCUT2D eigenvalue weighted by molar-refractivity contribution is 6.30. The van der Waals surface area contributed by atoms with Crippen LogP contribution in [-0.4, -0.2) is 23.6 Å². The second-order valence-corrected chi connectivity index (χ2v) is 4.49. The molecule has 0 saturated heterocycles. The monoisotopic (exact) mass is 256 g/mol. The van der Waals surface area contributed by atoms with Crippen LogP contribution in [0.4, 0.5) is 0 Å². The average Bonchev–Trinajstić information content (AvgIpc) is 2.25. The van der Waals surface area contributed by atoms with Gasteiger partial charge in [0.05, 0.1) is 6.10 Å². The number of carbonyl (C=O) groups is 1. The van der Waals surface area contributed by atoms with Crippen molar-refractivity contribution in [1.29, 1.82) is 0 Å². The molecule has 0 aromatic heterocycles. The summed E-state index contributed by atoms with van der Waals surface area (Å²) < 4.78 is 0. The van der Waals surface area contributed by atoms with Crippen molar-refractivity contribution in [1.82, 2.24) is 5.32 Å². The molecule has 0 aliphatic rings. The SMILES string of the molecule is CC(N)CC(=O)NCC(O)c1cccc(Cl)c1. The largest absolute Gasteiger partial charge is 0.387 e. The van der Waals surface area contributed by atoms with Gasteiger partial charge in [-0.2, -0.15) is 0 Å². The van der Waals surface area contributed by atoms with Crippen LogP contribution in [0.15, 0.2) is 24.3 Å². The van der Waals surface area contributed by atoms with Crippen LogP contribution < -0.4 is 11.1 Å². The van der Waals surface area contributed by atoms with Crippen LogP contribution in [0.5, 0.6) is 0 Å². The molecule has 4 N–H and O–H groups in total. The van der Waals surface area contributed by atoms with E-state index in [0.29, 0.717) is 10.6 Å². The van der Waals surface area contributed by atoms with Gasteiger partial charge >= 0.3 is 0 Å². The predicted molar refractivity (Wildman–Crippen MR) is 67.7 cm³/mol. The van der Waals surface area contributed by atoms with Crippen molar-refractivity contribution < 1.29 is 9.90 Å². The smallest absolute Gasteiger partial charge is 0.221 e. The highest BCUT2D eigenvalue weighted by Gasteiger charge is 2.10. The molecule has 5 heteroatoms. The standard InChI is InChI=1S/C12H17ClN2O2/c1-8(14)5-12(17)15-7-11(16)9-3-2-4-10(13)6-9/h2-4,6,8,11,16H,5,7,14H2,1H3,(H,15,17). The second kappa shape index (κ2) is 6.59. The molecule has 2 unspecified atom stereocenters. The number of halogens is 1. The van der Waals surface area contributed by atoms with Crippen LogP contribution in [0.25, 0.3) is 0 Å². The minimum absolute atomic E-state index is 0.159. The van der Waals surface area contributed by atoms with E-state index in [2.05, 4.69) is 5.32 Å². The highest BCUT2D eigenvalue weighted by atomic mass is 35.5. The zero-order chi connectivity index (χ0) is 12.8. The molecule has 4 nitrogen and oxygen atoms in total. The first-order valence-corrected chi connectivity index (χ1v) is 5.82. The molecule has 2 atom stereocenters. The van der Waals surface area contributed by atoms with Gasteiger partial charge in [-0.25, -0.2) is 0 Å². The fraction of sp³-hybridized carbons (Fsp3) is 0.417. The van der Waals surface area contributed by atoms with Gasteiger partial charge in [0.1, 0.15) is 0 Å².